The number of ether oxygens (including phenoxy) is 1. The minimum absolute atomic E-state index is 0.0144. The molecule has 1 aromatic rings. The lowest BCUT2D eigenvalue weighted by Gasteiger charge is -2.49. The van der Waals surface area contributed by atoms with Crippen LogP contribution in [0.5, 0.6) is 0 Å². The van der Waals surface area contributed by atoms with Crippen LogP contribution in [0.1, 0.15) is 33.0 Å². The molecule has 2 aliphatic heterocycles. The number of nitrogens with one attached hydrogen (secondary N) is 1. The van der Waals surface area contributed by atoms with E-state index in [1.807, 2.05) is 0 Å². The predicted octanol–water partition coefficient (Wildman–Crippen LogP) is -1.03. The van der Waals surface area contributed by atoms with Gasteiger partial charge in [-0.1, -0.05) is 5.16 Å². The normalized spacial score (nSPS) is 19.3. The second-order valence-electron chi connectivity index (χ2n) is 8.46. The number of Topliss-reactive ketones (excluding diaryl/α,β-unsaturated/α-hetero) is 1. The first-order chi connectivity index (χ1) is 17.7. The van der Waals surface area contributed by atoms with Crippen LogP contribution in [-0.2, 0) is 38.3 Å². The van der Waals surface area contributed by atoms with Gasteiger partial charge in [0.2, 0.25) is 17.1 Å². The van der Waals surface area contributed by atoms with Crippen LogP contribution in [0.15, 0.2) is 16.4 Å². The van der Waals surface area contributed by atoms with E-state index in [0.29, 0.717) is 0 Å². The molecule has 3 heterocycles. The summed E-state index contributed by atoms with van der Waals surface area (Å²) in [5.41, 5.74) is 2.95. The Hall–Kier alpha value is -4.06. The van der Waals surface area contributed by atoms with E-state index in [1.165, 1.54) is 20.8 Å². The van der Waals surface area contributed by atoms with Crippen molar-refractivity contribution in [3.63, 3.8) is 0 Å². The summed E-state index contributed by atoms with van der Waals surface area (Å²) in [5, 5.41) is 24.1. The maximum atomic E-state index is 13.0. The Labute approximate surface area is 222 Å². The summed E-state index contributed by atoms with van der Waals surface area (Å²) in [7, 11) is 0. The van der Waals surface area contributed by atoms with Crippen LogP contribution in [0, 0.1) is 0 Å². The third-order valence-corrected chi connectivity index (χ3v) is 6.97. The van der Waals surface area contributed by atoms with E-state index >= 15 is 0 Å². The quantitative estimate of drug-likeness (QED) is 0.0817. The molecule has 1 saturated heterocycles. The number of nitrogens with two attached hydrogens (primary N) is 1. The number of carboxylic acids is 2. The molecule has 0 saturated carbocycles. The maximum Gasteiger partial charge on any atom is 0.352 e. The lowest BCUT2D eigenvalue weighted by molar-refractivity contribution is -0.161. The highest BCUT2D eigenvalue weighted by Crippen LogP contribution is 2.40. The highest BCUT2D eigenvalue weighted by molar-refractivity contribution is 8.00. The number of aromatic nitrogens is 2. The fraction of sp³-hybridized carbons (Fsp3) is 0.450. The largest absolute Gasteiger partial charge is 0.478 e. The Bertz CT molecular complexity index is 1270. The van der Waals surface area contributed by atoms with Crippen molar-refractivity contribution >= 4 is 69.6 Å². The lowest BCUT2D eigenvalue weighted by Crippen LogP contribution is -2.71. The molecule has 2 aliphatic rings. The molecule has 1 aromatic heterocycles. The number of nitrogens with zero attached hydrogens (tertiary/aromatic N) is 4. The van der Waals surface area contributed by atoms with Gasteiger partial charge in [-0.2, -0.15) is 9.36 Å². The number of anilines is 1. The number of carbonyl (C=O) groups is 6. The van der Waals surface area contributed by atoms with Gasteiger partial charge < -0.3 is 30.8 Å². The second-order valence-corrected chi connectivity index (χ2v) is 10.3. The number of β-lactam (4-membered cyclic amide) rings is 1. The van der Waals surface area contributed by atoms with Gasteiger partial charge >= 0.3 is 17.9 Å². The van der Waals surface area contributed by atoms with Gasteiger partial charge in [0.05, 0.1) is 0 Å². The van der Waals surface area contributed by atoms with Crippen LogP contribution in [0.2, 0.25) is 0 Å². The smallest absolute Gasteiger partial charge is 0.352 e. The maximum absolute atomic E-state index is 13.0. The highest BCUT2D eigenvalue weighted by Gasteiger charge is 2.54. The average Bonchev–Trinajstić information content (AvgIpc) is 3.25. The van der Waals surface area contributed by atoms with Crippen LogP contribution >= 0.6 is 23.3 Å². The number of hydrogen-bond acceptors (Lipinski definition) is 14. The molecular weight excluding hydrogens is 548 g/mol. The van der Waals surface area contributed by atoms with E-state index in [4.69, 9.17) is 15.3 Å². The predicted molar refractivity (Wildman–Crippen MR) is 130 cm³/mol. The number of carbonyl (C=O) groups excluding carboxylic acids is 4. The number of carboxylic acid groups (broad SMARTS) is 2. The first-order valence-electron chi connectivity index (χ1n) is 10.7. The Kier molecular flexibility index (Phi) is 8.35. The van der Waals surface area contributed by atoms with Crippen LogP contribution in [0.4, 0.5) is 5.13 Å². The number of oxime groups is 1. The average molecular weight is 571 g/mol. The minimum Gasteiger partial charge on any atom is -0.478 e. The van der Waals surface area contributed by atoms with Crippen LogP contribution in [0.25, 0.3) is 0 Å². The number of hydrogen-bond donors (Lipinski definition) is 4. The molecule has 0 aliphatic carbocycles. The van der Waals surface area contributed by atoms with Crippen LogP contribution < -0.4 is 11.1 Å². The highest BCUT2D eigenvalue weighted by atomic mass is 32.2. The number of rotatable bonds is 11. The number of nitrogen functional groups attached to an aromatic ring is 1. The zero-order valence-corrected chi connectivity index (χ0v) is 21.8. The standard InChI is InChI=1S/C20H22N6O10S2/c1-7(27)4-9(28)35-5-8-6-37-16-11(15(30)26(16)12(8)17(31)32)22-14(29)10(13-23-19(21)38-25-13)24-36-20(2,3)18(33)34/h11,16H,4-6H2,1-3H3,(H,22,29)(H,31,32)(H,33,34)(H2,21,23,25)/t11?,16-/m0/s1. The van der Waals surface area contributed by atoms with Gasteiger partial charge in [-0.15, -0.1) is 11.8 Å². The number of ketones is 1. The molecule has 18 heteroatoms. The van der Waals surface area contributed by atoms with Crippen molar-refractivity contribution in [2.45, 2.75) is 44.2 Å². The summed E-state index contributed by atoms with van der Waals surface area (Å²) in [6.07, 6.45) is -0.473. The van der Waals surface area contributed by atoms with Crippen molar-refractivity contribution in [1.82, 2.24) is 19.6 Å². The molecule has 1 fully saturated rings. The zero-order valence-electron chi connectivity index (χ0n) is 20.1. The number of aliphatic carboxylic acids is 2. The molecule has 3 rings (SSSR count). The van der Waals surface area contributed by atoms with Crippen molar-refractivity contribution in [3.05, 3.63) is 17.1 Å². The molecular formula is C20H22N6O10S2. The molecule has 16 nitrogen and oxygen atoms in total. The fourth-order valence-corrected chi connectivity index (χ4v) is 4.90. The monoisotopic (exact) mass is 570 g/mol. The van der Waals surface area contributed by atoms with Gasteiger partial charge in [0, 0.05) is 22.9 Å². The van der Waals surface area contributed by atoms with Gasteiger partial charge in [0.25, 0.3) is 11.8 Å². The summed E-state index contributed by atoms with van der Waals surface area (Å²) in [5.74, 6) is -6.05. The lowest BCUT2D eigenvalue weighted by atomic mass is 10.0. The van der Waals surface area contributed by atoms with E-state index < -0.39 is 77.0 Å². The van der Waals surface area contributed by atoms with E-state index in [9.17, 15) is 39.0 Å². The summed E-state index contributed by atoms with van der Waals surface area (Å²) in [6.45, 7) is 3.15. The van der Waals surface area contributed by atoms with Gasteiger partial charge in [0.15, 0.2) is 5.13 Å². The van der Waals surface area contributed by atoms with E-state index in [-0.39, 0.29) is 22.3 Å². The van der Waals surface area contributed by atoms with Crippen molar-refractivity contribution in [2.24, 2.45) is 5.16 Å². The first kappa shape index (κ1) is 28.5. The zero-order chi connectivity index (χ0) is 28.4. The minimum atomic E-state index is -1.82. The third-order valence-electron chi connectivity index (χ3n) is 5.09. The molecule has 2 atom stereocenters. The Morgan fingerprint density at radius 1 is 1.26 bits per heavy atom. The summed E-state index contributed by atoms with van der Waals surface area (Å²) < 4.78 is 8.83. The van der Waals surface area contributed by atoms with Crippen molar-refractivity contribution in [3.8, 4) is 0 Å². The van der Waals surface area contributed by atoms with Crippen LogP contribution in [-0.4, -0.2) is 95.1 Å². The van der Waals surface area contributed by atoms with Crippen molar-refractivity contribution in [2.75, 3.05) is 18.1 Å². The summed E-state index contributed by atoms with van der Waals surface area (Å²) in [6, 6.07) is -1.18. The number of amides is 2. The Balaban J connectivity index is 1.79. The topological polar surface area (TPSA) is 241 Å². The molecule has 204 valence electrons. The Morgan fingerprint density at radius 3 is 2.50 bits per heavy atom. The molecule has 38 heavy (non-hydrogen) atoms. The van der Waals surface area contributed by atoms with E-state index in [2.05, 4.69) is 19.8 Å². The van der Waals surface area contributed by atoms with Gasteiger partial charge in [-0.05, 0) is 20.8 Å². The first-order valence-corrected chi connectivity index (χ1v) is 12.5. The summed E-state index contributed by atoms with van der Waals surface area (Å²) >= 11 is 1.85. The van der Waals surface area contributed by atoms with Gasteiger partial charge in [-0.25, -0.2) is 9.59 Å². The molecule has 0 bridgehead atoms. The number of esters is 1. The molecule has 0 radical (unpaired) electrons. The summed E-state index contributed by atoms with van der Waals surface area (Å²) in [4.78, 5) is 81.7. The van der Waals surface area contributed by atoms with Crippen LogP contribution in [0.3, 0.4) is 0 Å². The van der Waals surface area contributed by atoms with Crippen molar-refractivity contribution < 1.29 is 48.6 Å². The molecule has 1 unspecified atom stereocenters. The Morgan fingerprint density at radius 2 is 1.95 bits per heavy atom. The molecule has 5 N–H and O–H groups in total. The molecule has 2 amide bonds. The number of fused-ring (bicyclic) bond motifs is 1. The second kappa shape index (κ2) is 11.1. The SMILES string of the molecule is CC(=O)CC(=O)OCC1=C(C(=O)O)N2C(=O)C(NC(=O)C(=NOC(C)(C)C(=O)O)c3nsc(N)n3)[C@@H]2SC1. The van der Waals surface area contributed by atoms with E-state index in [1.54, 1.807) is 0 Å². The fourth-order valence-electron chi connectivity index (χ4n) is 3.14. The van der Waals surface area contributed by atoms with Gasteiger partial charge in [-0.3, -0.25) is 24.1 Å². The molecule has 0 aromatic carbocycles. The van der Waals surface area contributed by atoms with Gasteiger partial charge in [0.1, 0.15) is 35.9 Å². The molecule has 0 spiro atoms. The number of thioether (sulfide) groups is 1. The third kappa shape index (κ3) is 6.08. The van der Waals surface area contributed by atoms with E-state index in [0.717, 1.165) is 28.2 Å². The van der Waals surface area contributed by atoms with Crippen molar-refractivity contribution in [1.29, 1.82) is 0 Å².